The van der Waals surface area contributed by atoms with Gasteiger partial charge in [0.05, 0.1) is 12.2 Å². The van der Waals surface area contributed by atoms with Gasteiger partial charge in [-0.1, -0.05) is 12.1 Å². The van der Waals surface area contributed by atoms with Crippen molar-refractivity contribution in [1.29, 1.82) is 0 Å². The summed E-state index contributed by atoms with van der Waals surface area (Å²) in [5.41, 5.74) is 1.12. The van der Waals surface area contributed by atoms with Crippen molar-refractivity contribution in [2.45, 2.75) is 46.0 Å². The van der Waals surface area contributed by atoms with Crippen LogP contribution < -0.4 is 4.74 Å². The monoisotopic (exact) mass is 277 g/mol. The molecule has 20 heavy (non-hydrogen) atoms. The molecule has 0 spiro atoms. The summed E-state index contributed by atoms with van der Waals surface area (Å²) in [6.07, 6.45) is -0.322. The molecule has 4 heteroatoms. The Bertz CT molecular complexity index is 465. The van der Waals surface area contributed by atoms with E-state index in [1.54, 1.807) is 6.92 Å². The highest BCUT2D eigenvalue weighted by atomic mass is 16.5. The Morgan fingerprint density at radius 1 is 1.35 bits per heavy atom. The fourth-order valence-corrected chi connectivity index (χ4v) is 2.56. The Morgan fingerprint density at radius 2 is 2.00 bits per heavy atom. The number of amides is 1. The molecule has 0 aromatic heterocycles. The van der Waals surface area contributed by atoms with E-state index in [9.17, 15) is 4.79 Å². The van der Waals surface area contributed by atoms with Crippen LogP contribution in [0.4, 0.5) is 0 Å². The highest BCUT2D eigenvalue weighted by molar-refractivity contribution is 5.81. The zero-order chi connectivity index (χ0) is 14.7. The molecule has 110 valence electrons. The standard InChI is InChI=1S/C16H23NO3/c1-11-6-5-7-15(8-11)20-14(4)16(18)17-9-12(2)19-13(3)10-17/h5-8,12-14H,9-10H2,1-4H3/t12-,13-,14+/m0/s1. The highest BCUT2D eigenvalue weighted by Gasteiger charge is 2.29. The van der Waals surface area contributed by atoms with Gasteiger partial charge in [0, 0.05) is 13.1 Å². The van der Waals surface area contributed by atoms with Crippen molar-refractivity contribution in [2.75, 3.05) is 13.1 Å². The molecule has 2 rings (SSSR count). The molecule has 0 unspecified atom stereocenters. The molecular formula is C16H23NO3. The van der Waals surface area contributed by atoms with E-state index < -0.39 is 6.10 Å². The van der Waals surface area contributed by atoms with Crippen LogP contribution in [0.15, 0.2) is 24.3 Å². The van der Waals surface area contributed by atoms with Crippen molar-refractivity contribution in [3.63, 3.8) is 0 Å². The number of hydrogen-bond donors (Lipinski definition) is 0. The lowest BCUT2D eigenvalue weighted by Crippen LogP contribution is -2.51. The topological polar surface area (TPSA) is 38.8 Å². The van der Waals surface area contributed by atoms with Crippen molar-refractivity contribution >= 4 is 5.91 Å². The number of rotatable bonds is 3. The Balaban J connectivity index is 1.98. The van der Waals surface area contributed by atoms with Crippen LogP contribution in [0.2, 0.25) is 0 Å². The van der Waals surface area contributed by atoms with Crippen LogP contribution in [0, 0.1) is 6.92 Å². The summed E-state index contributed by atoms with van der Waals surface area (Å²) in [5.74, 6) is 0.758. The van der Waals surface area contributed by atoms with E-state index in [2.05, 4.69) is 0 Å². The number of nitrogens with zero attached hydrogens (tertiary/aromatic N) is 1. The molecule has 1 amide bonds. The van der Waals surface area contributed by atoms with Crippen LogP contribution in [-0.2, 0) is 9.53 Å². The molecule has 0 saturated carbocycles. The van der Waals surface area contributed by atoms with Gasteiger partial charge in [-0.3, -0.25) is 4.79 Å². The molecule has 1 aromatic rings. The van der Waals surface area contributed by atoms with Gasteiger partial charge in [0.15, 0.2) is 6.10 Å². The van der Waals surface area contributed by atoms with E-state index in [0.717, 1.165) is 11.3 Å². The summed E-state index contributed by atoms with van der Waals surface area (Å²) in [6.45, 7) is 9.04. The predicted octanol–water partition coefficient (Wildman–Crippen LogP) is 2.40. The molecule has 3 atom stereocenters. The summed E-state index contributed by atoms with van der Waals surface area (Å²) in [4.78, 5) is 14.3. The Hall–Kier alpha value is -1.55. The van der Waals surface area contributed by atoms with E-state index in [1.165, 1.54) is 0 Å². The van der Waals surface area contributed by atoms with Crippen molar-refractivity contribution in [1.82, 2.24) is 4.90 Å². The number of benzene rings is 1. The first-order valence-corrected chi connectivity index (χ1v) is 7.13. The smallest absolute Gasteiger partial charge is 0.263 e. The van der Waals surface area contributed by atoms with E-state index >= 15 is 0 Å². The molecular weight excluding hydrogens is 254 g/mol. The first kappa shape index (κ1) is 14.9. The fourth-order valence-electron chi connectivity index (χ4n) is 2.56. The SMILES string of the molecule is Cc1cccc(O[C@H](C)C(=O)N2C[C@H](C)O[C@@H](C)C2)c1. The number of ether oxygens (including phenoxy) is 2. The zero-order valence-electron chi connectivity index (χ0n) is 12.6. The second kappa shape index (κ2) is 6.27. The maximum atomic E-state index is 12.4. The lowest BCUT2D eigenvalue weighted by Gasteiger charge is -2.36. The third-order valence-electron chi connectivity index (χ3n) is 3.38. The van der Waals surface area contributed by atoms with Crippen LogP contribution in [0.3, 0.4) is 0 Å². The summed E-state index contributed by atoms with van der Waals surface area (Å²) in [7, 11) is 0. The third-order valence-corrected chi connectivity index (χ3v) is 3.38. The van der Waals surface area contributed by atoms with Gasteiger partial charge < -0.3 is 14.4 Å². The summed E-state index contributed by atoms with van der Waals surface area (Å²) < 4.78 is 11.4. The third kappa shape index (κ3) is 3.73. The maximum Gasteiger partial charge on any atom is 0.263 e. The van der Waals surface area contributed by atoms with Gasteiger partial charge in [0.1, 0.15) is 5.75 Å². The van der Waals surface area contributed by atoms with E-state index in [-0.39, 0.29) is 18.1 Å². The summed E-state index contributed by atoms with van der Waals surface area (Å²) in [6, 6.07) is 7.75. The summed E-state index contributed by atoms with van der Waals surface area (Å²) >= 11 is 0. The lowest BCUT2D eigenvalue weighted by molar-refractivity contribution is -0.149. The van der Waals surface area contributed by atoms with E-state index in [0.29, 0.717) is 13.1 Å². The number of hydrogen-bond acceptors (Lipinski definition) is 3. The Kier molecular flexibility index (Phi) is 4.65. The fraction of sp³-hybridized carbons (Fsp3) is 0.562. The van der Waals surface area contributed by atoms with Crippen LogP contribution in [0.25, 0.3) is 0 Å². The molecule has 1 fully saturated rings. The molecule has 0 aliphatic carbocycles. The van der Waals surface area contributed by atoms with Gasteiger partial charge in [-0.05, 0) is 45.4 Å². The molecule has 1 heterocycles. The second-order valence-corrected chi connectivity index (χ2v) is 5.58. The number of carbonyl (C=O) groups excluding carboxylic acids is 1. The molecule has 1 saturated heterocycles. The average molecular weight is 277 g/mol. The first-order valence-electron chi connectivity index (χ1n) is 7.13. The van der Waals surface area contributed by atoms with Crippen molar-refractivity contribution < 1.29 is 14.3 Å². The minimum Gasteiger partial charge on any atom is -0.481 e. The van der Waals surface area contributed by atoms with Gasteiger partial charge in [-0.25, -0.2) is 0 Å². The molecule has 1 aliphatic rings. The maximum absolute atomic E-state index is 12.4. The molecule has 1 aliphatic heterocycles. The van der Waals surface area contributed by atoms with Crippen LogP contribution in [0.5, 0.6) is 5.75 Å². The van der Waals surface area contributed by atoms with Gasteiger partial charge in [-0.2, -0.15) is 0 Å². The Labute approximate surface area is 120 Å². The molecule has 1 aromatic carbocycles. The van der Waals surface area contributed by atoms with Gasteiger partial charge in [0.25, 0.3) is 5.91 Å². The minimum absolute atomic E-state index is 0.0218. The average Bonchev–Trinajstić information content (AvgIpc) is 2.36. The molecule has 0 radical (unpaired) electrons. The molecule has 0 bridgehead atoms. The number of carbonyl (C=O) groups is 1. The van der Waals surface area contributed by atoms with Crippen molar-refractivity contribution in [3.05, 3.63) is 29.8 Å². The summed E-state index contributed by atoms with van der Waals surface area (Å²) in [5, 5.41) is 0. The van der Waals surface area contributed by atoms with Crippen molar-refractivity contribution in [3.8, 4) is 5.75 Å². The number of aryl methyl sites for hydroxylation is 1. The normalized spacial score (nSPS) is 24.3. The molecule has 0 N–H and O–H groups in total. The van der Waals surface area contributed by atoms with Gasteiger partial charge >= 0.3 is 0 Å². The zero-order valence-corrected chi connectivity index (χ0v) is 12.6. The highest BCUT2D eigenvalue weighted by Crippen LogP contribution is 2.17. The molecule has 4 nitrogen and oxygen atoms in total. The van der Waals surface area contributed by atoms with Crippen LogP contribution in [-0.4, -0.2) is 42.2 Å². The van der Waals surface area contributed by atoms with E-state index in [1.807, 2.05) is 49.9 Å². The largest absolute Gasteiger partial charge is 0.481 e. The second-order valence-electron chi connectivity index (χ2n) is 5.58. The van der Waals surface area contributed by atoms with E-state index in [4.69, 9.17) is 9.47 Å². The quantitative estimate of drug-likeness (QED) is 0.851. The van der Waals surface area contributed by atoms with Crippen LogP contribution >= 0.6 is 0 Å². The van der Waals surface area contributed by atoms with Crippen LogP contribution in [0.1, 0.15) is 26.3 Å². The number of morpholine rings is 1. The lowest BCUT2D eigenvalue weighted by atomic mass is 10.2. The van der Waals surface area contributed by atoms with Gasteiger partial charge in [-0.15, -0.1) is 0 Å². The first-order chi connectivity index (χ1) is 9.45. The predicted molar refractivity (Wildman–Crippen MR) is 77.9 cm³/mol. The Morgan fingerprint density at radius 3 is 2.60 bits per heavy atom. The van der Waals surface area contributed by atoms with Gasteiger partial charge in [0.2, 0.25) is 0 Å². The minimum atomic E-state index is -0.478. The van der Waals surface area contributed by atoms with Crippen molar-refractivity contribution in [2.24, 2.45) is 0 Å².